The Labute approximate surface area is 110 Å². The number of benzene rings is 1. The molecule has 0 aromatic heterocycles. The van der Waals surface area contributed by atoms with Crippen LogP contribution in [0.4, 0.5) is 4.39 Å². The van der Waals surface area contributed by atoms with Gasteiger partial charge in [-0.1, -0.05) is 38.8 Å². The molecule has 0 spiro atoms. The zero-order valence-corrected chi connectivity index (χ0v) is 11.5. The molecule has 0 aliphatic carbocycles. The number of hydrazine groups is 1. The molecule has 3 heteroatoms. The van der Waals surface area contributed by atoms with E-state index in [1.54, 1.807) is 0 Å². The second kappa shape index (κ2) is 8.22. The number of halogens is 1. The summed E-state index contributed by atoms with van der Waals surface area (Å²) in [6, 6.07) is 6.98. The topological polar surface area (TPSA) is 38.0 Å². The molecule has 0 saturated carbocycles. The summed E-state index contributed by atoms with van der Waals surface area (Å²) in [7, 11) is 0. The predicted octanol–water partition coefficient (Wildman–Crippen LogP) is 3.42. The van der Waals surface area contributed by atoms with Gasteiger partial charge in [0.25, 0.3) is 0 Å². The maximum absolute atomic E-state index is 12.9. The van der Waals surface area contributed by atoms with Crippen molar-refractivity contribution in [2.75, 3.05) is 0 Å². The van der Waals surface area contributed by atoms with E-state index in [2.05, 4.69) is 19.3 Å². The van der Waals surface area contributed by atoms with Gasteiger partial charge in [0.1, 0.15) is 5.82 Å². The first kappa shape index (κ1) is 15.1. The lowest BCUT2D eigenvalue weighted by atomic mass is 9.87. The molecule has 0 heterocycles. The lowest BCUT2D eigenvalue weighted by Crippen LogP contribution is -2.42. The Morgan fingerprint density at radius 2 is 1.67 bits per heavy atom. The van der Waals surface area contributed by atoms with Crippen LogP contribution in [0.1, 0.15) is 45.1 Å². The van der Waals surface area contributed by atoms with E-state index in [1.165, 1.54) is 37.8 Å². The van der Waals surface area contributed by atoms with E-state index in [4.69, 9.17) is 5.84 Å². The van der Waals surface area contributed by atoms with Crippen LogP contribution in [-0.2, 0) is 6.42 Å². The molecule has 1 aromatic rings. The van der Waals surface area contributed by atoms with Crippen LogP contribution in [0.5, 0.6) is 0 Å². The summed E-state index contributed by atoms with van der Waals surface area (Å²) in [5.41, 5.74) is 4.08. The minimum absolute atomic E-state index is 0.185. The second-order valence-electron chi connectivity index (χ2n) is 4.94. The molecule has 3 N–H and O–H groups in total. The number of hydrogen-bond donors (Lipinski definition) is 2. The molecule has 0 aliphatic rings. The summed E-state index contributed by atoms with van der Waals surface area (Å²) in [6.07, 6.45) is 5.58. The molecule has 1 atom stereocenters. The van der Waals surface area contributed by atoms with Crippen LogP contribution in [0, 0.1) is 11.7 Å². The van der Waals surface area contributed by atoms with Crippen LogP contribution in [0.25, 0.3) is 0 Å². The van der Waals surface area contributed by atoms with Crippen LogP contribution < -0.4 is 11.3 Å². The fourth-order valence-corrected chi connectivity index (χ4v) is 2.52. The summed E-state index contributed by atoms with van der Waals surface area (Å²) in [4.78, 5) is 0. The van der Waals surface area contributed by atoms with Crippen molar-refractivity contribution in [1.82, 2.24) is 5.43 Å². The third kappa shape index (κ3) is 4.75. The van der Waals surface area contributed by atoms with Crippen molar-refractivity contribution in [1.29, 1.82) is 0 Å². The molecule has 1 rings (SSSR count). The molecular formula is C15H25FN2. The van der Waals surface area contributed by atoms with Crippen molar-refractivity contribution in [3.8, 4) is 0 Å². The maximum Gasteiger partial charge on any atom is 0.123 e. The summed E-state index contributed by atoms with van der Waals surface area (Å²) < 4.78 is 12.9. The van der Waals surface area contributed by atoms with E-state index < -0.39 is 0 Å². The SMILES string of the molecule is CCCC(CCC)C(Cc1ccc(F)cc1)NN. The minimum Gasteiger partial charge on any atom is -0.271 e. The van der Waals surface area contributed by atoms with E-state index >= 15 is 0 Å². The number of nitrogens with one attached hydrogen (secondary N) is 1. The van der Waals surface area contributed by atoms with Gasteiger partial charge in [-0.05, 0) is 42.9 Å². The molecule has 102 valence electrons. The quantitative estimate of drug-likeness (QED) is 0.549. The van der Waals surface area contributed by atoms with Crippen LogP contribution in [-0.4, -0.2) is 6.04 Å². The van der Waals surface area contributed by atoms with E-state index in [0.29, 0.717) is 5.92 Å². The number of nitrogens with two attached hydrogens (primary N) is 1. The Kier molecular flexibility index (Phi) is 6.91. The van der Waals surface area contributed by atoms with Crippen LogP contribution >= 0.6 is 0 Å². The van der Waals surface area contributed by atoms with Crippen molar-refractivity contribution < 1.29 is 4.39 Å². The summed E-state index contributed by atoms with van der Waals surface area (Å²) in [6.45, 7) is 4.41. The first-order valence-corrected chi connectivity index (χ1v) is 6.91. The average Bonchev–Trinajstić information content (AvgIpc) is 2.38. The third-order valence-corrected chi connectivity index (χ3v) is 3.47. The average molecular weight is 252 g/mol. The minimum atomic E-state index is -0.185. The molecule has 18 heavy (non-hydrogen) atoms. The Morgan fingerprint density at radius 1 is 1.11 bits per heavy atom. The van der Waals surface area contributed by atoms with E-state index in [-0.39, 0.29) is 11.9 Å². The fraction of sp³-hybridized carbons (Fsp3) is 0.600. The zero-order chi connectivity index (χ0) is 13.4. The number of rotatable bonds is 8. The van der Waals surface area contributed by atoms with Crippen molar-refractivity contribution >= 4 is 0 Å². The van der Waals surface area contributed by atoms with Gasteiger partial charge in [-0.25, -0.2) is 4.39 Å². The Hall–Kier alpha value is -0.930. The first-order valence-electron chi connectivity index (χ1n) is 6.91. The summed E-state index contributed by atoms with van der Waals surface area (Å²) in [5, 5.41) is 0. The summed E-state index contributed by atoms with van der Waals surface area (Å²) in [5.74, 6) is 6.10. The first-order chi connectivity index (χ1) is 8.71. The predicted molar refractivity (Wildman–Crippen MR) is 74.5 cm³/mol. The highest BCUT2D eigenvalue weighted by Gasteiger charge is 2.19. The van der Waals surface area contributed by atoms with Crippen LogP contribution in [0.3, 0.4) is 0 Å². The molecule has 1 aromatic carbocycles. The molecule has 0 saturated heterocycles. The van der Waals surface area contributed by atoms with Gasteiger partial charge >= 0.3 is 0 Å². The molecule has 0 aliphatic heterocycles. The van der Waals surface area contributed by atoms with E-state index in [1.807, 2.05) is 12.1 Å². The highest BCUT2D eigenvalue weighted by molar-refractivity contribution is 5.17. The van der Waals surface area contributed by atoms with Crippen LogP contribution in [0.15, 0.2) is 24.3 Å². The van der Waals surface area contributed by atoms with Gasteiger partial charge in [0.15, 0.2) is 0 Å². The smallest absolute Gasteiger partial charge is 0.123 e. The van der Waals surface area contributed by atoms with Gasteiger partial charge in [0, 0.05) is 6.04 Å². The standard InChI is InChI=1S/C15H25FN2/c1-3-5-13(6-4-2)15(18-17)11-12-7-9-14(16)10-8-12/h7-10,13,15,18H,3-6,11,17H2,1-2H3. The van der Waals surface area contributed by atoms with Crippen molar-refractivity contribution in [2.45, 2.75) is 52.0 Å². The Morgan fingerprint density at radius 3 is 2.11 bits per heavy atom. The molecule has 0 amide bonds. The van der Waals surface area contributed by atoms with Gasteiger partial charge in [0.05, 0.1) is 0 Å². The molecular weight excluding hydrogens is 227 g/mol. The van der Waals surface area contributed by atoms with Gasteiger partial charge in [-0.3, -0.25) is 11.3 Å². The van der Waals surface area contributed by atoms with Gasteiger partial charge < -0.3 is 0 Å². The molecule has 1 unspecified atom stereocenters. The molecule has 0 fully saturated rings. The number of hydrogen-bond acceptors (Lipinski definition) is 2. The Bertz CT molecular complexity index is 318. The molecule has 0 radical (unpaired) electrons. The van der Waals surface area contributed by atoms with E-state index in [0.717, 1.165) is 12.0 Å². The summed E-state index contributed by atoms with van der Waals surface area (Å²) >= 11 is 0. The zero-order valence-electron chi connectivity index (χ0n) is 11.5. The lowest BCUT2D eigenvalue weighted by molar-refractivity contribution is 0.311. The maximum atomic E-state index is 12.9. The highest BCUT2D eigenvalue weighted by Crippen LogP contribution is 2.20. The van der Waals surface area contributed by atoms with Crippen molar-refractivity contribution in [3.05, 3.63) is 35.6 Å². The van der Waals surface area contributed by atoms with Crippen molar-refractivity contribution in [2.24, 2.45) is 11.8 Å². The van der Waals surface area contributed by atoms with E-state index in [9.17, 15) is 4.39 Å². The van der Waals surface area contributed by atoms with Gasteiger partial charge in [-0.2, -0.15) is 0 Å². The van der Waals surface area contributed by atoms with Gasteiger partial charge in [-0.15, -0.1) is 0 Å². The van der Waals surface area contributed by atoms with Crippen LogP contribution in [0.2, 0.25) is 0 Å². The third-order valence-electron chi connectivity index (χ3n) is 3.47. The highest BCUT2D eigenvalue weighted by atomic mass is 19.1. The second-order valence-corrected chi connectivity index (χ2v) is 4.94. The normalized spacial score (nSPS) is 12.9. The van der Waals surface area contributed by atoms with Crippen molar-refractivity contribution in [3.63, 3.8) is 0 Å². The Balaban J connectivity index is 2.66. The fourth-order valence-electron chi connectivity index (χ4n) is 2.52. The molecule has 0 bridgehead atoms. The largest absolute Gasteiger partial charge is 0.271 e. The lowest BCUT2D eigenvalue weighted by Gasteiger charge is -2.26. The monoisotopic (exact) mass is 252 g/mol. The van der Waals surface area contributed by atoms with Gasteiger partial charge in [0.2, 0.25) is 0 Å². The molecule has 2 nitrogen and oxygen atoms in total.